The molecule has 4 amide bonds. The third-order valence-corrected chi connectivity index (χ3v) is 5.81. The van der Waals surface area contributed by atoms with Crippen LogP contribution in [0.2, 0.25) is 0 Å². The van der Waals surface area contributed by atoms with E-state index in [0.29, 0.717) is 18.5 Å². The third kappa shape index (κ3) is 4.77. The van der Waals surface area contributed by atoms with Crippen LogP contribution in [-0.4, -0.2) is 52.8 Å². The molecule has 0 aromatic heterocycles. The molecule has 2 atom stereocenters. The first-order valence-electron chi connectivity index (χ1n) is 10.5. The van der Waals surface area contributed by atoms with E-state index >= 15 is 0 Å². The maximum Gasteiger partial charge on any atom is 0.327 e. The monoisotopic (exact) mass is 442 g/mol. The second-order valence-corrected chi connectivity index (χ2v) is 8.01. The average Bonchev–Trinajstić information content (AvgIpc) is 2.80. The lowest BCUT2D eigenvalue weighted by Gasteiger charge is -2.46. The Morgan fingerprint density at radius 2 is 1.62 bits per heavy atom. The molecule has 2 unspecified atom stereocenters. The SMILES string of the molecule is O=C(CN1C(=O)N(Cc2ccc(F)cc2)C(=O)C2NCCCC21)NCc1ccc(F)cc1. The molecule has 2 N–H and O–H groups in total. The predicted molar refractivity (Wildman–Crippen MR) is 112 cm³/mol. The van der Waals surface area contributed by atoms with Crippen molar-refractivity contribution < 1.29 is 23.2 Å². The summed E-state index contributed by atoms with van der Waals surface area (Å²) in [5, 5.41) is 5.91. The highest BCUT2D eigenvalue weighted by Crippen LogP contribution is 2.26. The number of carbonyl (C=O) groups is 3. The third-order valence-electron chi connectivity index (χ3n) is 5.81. The van der Waals surface area contributed by atoms with Crippen molar-refractivity contribution in [2.75, 3.05) is 13.1 Å². The number of amides is 4. The number of piperidine rings is 1. The molecular formula is C23H24F2N4O3. The summed E-state index contributed by atoms with van der Waals surface area (Å²) in [5.74, 6) is -1.48. The molecule has 2 fully saturated rings. The number of nitrogens with one attached hydrogen (secondary N) is 2. The second-order valence-electron chi connectivity index (χ2n) is 8.01. The van der Waals surface area contributed by atoms with E-state index in [0.717, 1.165) is 16.9 Å². The van der Waals surface area contributed by atoms with E-state index < -0.39 is 23.9 Å². The van der Waals surface area contributed by atoms with Crippen LogP contribution in [0.15, 0.2) is 48.5 Å². The van der Waals surface area contributed by atoms with Gasteiger partial charge in [-0.25, -0.2) is 13.6 Å². The Bertz CT molecular complexity index is 997. The van der Waals surface area contributed by atoms with Crippen molar-refractivity contribution in [1.82, 2.24) is 20.4 Å². The van der Waals surface area contributed by atoms with E-state index in [1.54, 1.807) is 12.1 Å². The summed E-state index contributed by atoms with van der Waals surface area (Å²) in [6.07, 6.45) is 1.40. The number of rotatable bonds is 6. The molecule has 0 spiro atoms. The second kappa shape index (κ2) is 9.44. The Balaban J connectivity index is 1.47. The van der Waals surface area contributed by atoms with Crippen molar-refractivity contribution in [3.63, 3.8) is 0 Å². The van der Waals surface area contributed by atoms with Gasteiger partial charge in [0.2, 0.25) is 11.8 Å². The van der Waals surface area contributed by atoms with Crippen LogP contribution in [0.1, 0.15) is 24.0 Å². The molecule has 168 valence electrons. The number of carbonyl (C=O) groups excluding carboxylic acids is 3. The first kappa shape index (κ1) is 21.9. The van der Waals surface area contributed by atoms with E-state index in [2.05, 4.69) is 10.6 Å². The molecule has 0 aliphatic carbocycles. The van der Waals surface area contributed by atoms with Gasteiger partial charge in [-0.2, -0.15) is 0 Å². The quantitative estimate of drug-likeness (QED) is 0.719. The molecule has 4 rings (SSSR count). The average molecular weight is 442 g/mol. The van der Waals surface area contributed by atoms with Gasteiger partial charge in [0.1, 0.15) is 24.2 Å². The summed E-state index contributed by atoms with van der Waals surface area (Å²) in [6.45, 7) is 0.647. The Hall–Kier alpha value is -3.33. The van der Waals surface area contributed by atoms with Crippen molar-refractivity contribution in [2.45, 2.75) is 38.0 Å². The predicted octanol–water partition coefficient (Wildman–Crippen LogP) is 2.17. The molecule has 2 aliphatic heterocycles. The highest BCUT2D eigenvalue weighted by atomic mass is 19.1. The summed E-state index contributed by atoms with van der Waals surface area (Å²) >= 11 is 0. The van der Waals surface area contributed by atoms with E-state index in [1.807, 2.05) is 0 Å². The summed E-state index contributed by atoms with van der Waals surface area (Å²) in [4.78, 5) is 41.4. The molecule has 0 saturated carbocycles. The zero-order valence-corrected chi connectivity index (χ0v) is 17.4. The zero-order chi connectivity index (χ0) is 22.7. The van der Waals surface area contributed by atoms with Crippen molar-refractivity contribution in [1.29, 1.82) is 0 Å². The summed E-state index contributed by atoms with van der Waals surface area (Å²) < 4.78 is 26.3. The Kier molecular flexibility index (Phi) is 6.45. The zero-order valence-electron chi connectivity index (χ0n) is 17.4. The number of urea groups is 1. The number of imide groups is 1. The maximum absolute atomic E-state index is 13.2. The minimum Gasteiger partial charge on any atom is -0.350 e. The molecule has 9 heteroatoms. The van der Waals surface area contributed by atoms with Crippen molar-refractivity contribution in [3.8, 4) is 0 Å². The lowest BCUT2D eigenvalue weighted by atomic mass is 9.93. The lowest BCUT2D eigenvalue weighted by molar-refractivity contribution is -0.139. The largest absolute Gasteiger partial charge is 0.350 e. The number of benzene rings is 2. The number of hydrogen-bond acceptors (Lipinski definition) is 4. The lowest BCUT2D eigenvalue weighted by Crippen LogP contribution is -2.70. The van der Waals surface area contributed by atoms with Crippen LogP contribution in [0.25, 0.3) is 0 Å². The van der Waals surface area contributed by atoms with Crippen LogP contribution in [0.4, 0.5) is 13.6 Å². The highest BCUT2D eigenvalue weighted by Gasteiger charge is 2.47. The fourth-order valence-electron chi connectivity index (χ4n) is 4.13. The topological polar surface area (TPSA) is 81.8 Å². The van der Waals surface area contributed by atoms with Gasteiger partial charge in [0.25, 0.3) is 0 Å². The summed E-state index contributed by atoms with van der Waals surface area (Å²) in [6, 6.07) is 9.83. The van der Waals surface area contributed by atoms with E-state index in [-0.39, 0.29) is 37.3 Å². The van der Waals surface area contributed by atoms with Crippen molar-refractivity contribution in [2.24, 2.45) is 0 Å². The molecule has 2 aromatic carbocycles. The van der Waals surface area contributed by atoms with Gasteiger partial charge in [0.05, 0.1) is 12.6 Å². The molecule has 2 aromatic rings. The Morgan fingerprint density at radius 3 is 2.28 bits per heavy atom. The Labute approximate surface area is 184 Å². The fourth-order valence-corrected chi connectivity index (χ4v) is 4.13. The smallest absolute Gasteiger partial charge is 0.327 e. The molecule has 0 bridgehead atoms. The van der Waals surface area contributed by atoms with Crippen LogP contribution >= 0.6 is 0 Å². The molecule has 32 heavy (non-hydrogen) atoms. The van der Waals surface area contributed by atoms with Gasteiger partial charge in [0.15, 0.2) is 0 Å². The van der Waals surface area contributed by atoms with Crippen LogP contribution < -0.4 is 10.6 Å². The molecular weight excluding hydrogens is 418 g/mol. The van der Waals surface area contributed by atoms with Gasteiger partial charge in [-0.3, -0.25) is 14.5 Å². The van der Waals surface area contributed by atoms with E-state index in [9.17, 15) is 23.2 Å². The minimum atomic E-state index is -0.591. The number of hydrogen-bond donors (Lipinski definition) is 2. The standard InChI is InChI=1S/C23H24F2N4O3/c24-17-7-3-15(4-8-17)12-27-20(30)14-28-19-2-1-11-26-21(19)22(31)29(23(28)32)13-16-5-9-18(25)10-6-16/h3-10,19,21,26H,1-2,11-14H2,(H,27,30). The highest BCUT2D eigenvalue weighted by molar-refractivity contribution is 6.01. The molecule has 0 radical (unpaired) electrons. The number of fused-ring (bicyclic) bond motifs is 1. The first-order chi connectivity index (χ1) is 15.4. The van der Waals surface area contributed by atoms with E-state index in [4.69, 9.17) is 0 Å². The van der Waals surface area contributed by atoms with Gasteiger partial charge < -0.3 is 15.5 Å². The van der Waals surface area contributed by atoms with Gasteiger partial charge >= 0.3 is 6.03 Å². The van der Waals surface area contributed by atoms with Crippen LogP contribution in [-0.2, 0) is 22.7 Å². The molecule has 2 heterocycles. The van der Waals surface area contributed by atoms with Gasteiger partial charge in [-0.05, 0) is 54.8 Å². The maximum atomic E-state index is 13.2. The number of halogens is 2. The summed E-state index contributed by atoms with van der Waals surface area (Å²) in [5.41, 5.74) is 1.35. The molecule has 7 nitrogen and oxygen atoms in total. The molecule has 2 saturated heterocycles. The van der Waals surface area contributed by atoms with Crippen molar-refractivity contribution in [3.05, 3.63) is 71.3 Å². The molecule has 2 aliphatic rings. The van der Waals surface area contributed by atoms with Crippen LogP contribution in [0.3, 0.4) is 0 Å². The van der Waals surface area contributed by atoms with Crippen LogP contribution in [0.5, 0.6) is 0 Å². The normalized spacial score (nSPS) is 20.8. The first-order valence-corrected chi connectivity index (χ1v) is 10.5. The number of nitrogens with zero attached hydrogens (tertiary/aromatic N) is 2. The van der Waals surface area contributed by atoms with Crippen LogP contribution in [0, 0.1) is 11.6 Å². The van der Waals surface area contributed by atoms with E-state index in [1.165, 1.54) is 41.3 Å². The van der Waals surface area contributed by atoms with Gasteiger partial charge in [-0.1, -0.05) is 24.3 Å². The van der Waals surface area contributed by atoms with Crippen molar-refractivity contribution >= 4 is 17.8 Å². The Morgan fingerprint density at radius 1 is 1.00 bits per heavy atom. The summed E-state index contributed by atoms with van der Waals surface area (Å²) in [7, 11) is 0. The van der Waals surface area contributed by atoms with Gasteiger partial charge in [-0.15, -0.1) is 0 Å². The fraction of sp³-hybridized carbons (Fsp3) is 0.348. The van der Waals surface area contributed by atoms with Gasteiger partial charge in [0, 0.05) is 6.54 Å². The minimum absolute atomic E-state index is 0.00343.